The molecule has 0 aliphatic carbocycles. The zero-order valence-electron chi connectivity index (χ0n) is 11.7. The van der Waals surface area contributed by atoms with Gasteiger partial charge in [0.25, 0.3) is 5.91 Å². The number of carboxylic acid groups (broad SMARTS) is 1. The molecule has 0 aromatic carbocycles. The number of morpholine rings is 1. The van der Waals surface area contributed by atoms with Crippen LogP contribution in [0.5, 0.6) is 0 Å². The molecule has 2 rings (SSSR count). The van der Waals surface area contributed by atoms with Crippen LogP contribution in [0.3, 0.4) is 0 Å². The molecule has 1 aliphatic heterocycles. The summed E-state index contributed by atoms with van der Waals surface area (Å²) < 4.78 is 5.11. The molecule has 1 unspecified atom stereocenters. The van der Waals surface area contributed by atoms with Crippen LogP contribution in [0.4, 0.5) is 0 Å². The third kappa shape index (κ3) is 3.92. The normalized spacial score (nSPS) is 18.6. The van der Waals surface area contributed by atoms with Gasteiger partial charge in [0.05, 0.1) is 13.2 Å². The van der Waals surface area contributed by atoms with Gasteiger partial charge in [0, 0.05) is 17.8 Å². The number of aromatic nitrogens is 1. The van der Waals surface area contributed by atoms with E-state index >= 15 is 0 Å². The zero-order valence-corrected chi connectivity index (χ0v) is 12.5. The Morgan fingerprint density at radius 2 is 2.29 bits per heavy atom. The maximum absolute atomic E-state index is 12.5. The van der Waals surface area contributed by atoms with Crippen molar-refractivity contribution in [1.29, 1.82) is 0 Å². The first-order valence-corrected chi connectivity index (χ1v) is 7.19. The SMILES string of the molecule is CCCc1cc(C(=O)N2CCOC(C(=O)O)C2)cc(Cl)n1. The van der Waals surface area contributed by atoms with E-state index in [2.05, 4.69) is 4.98 Å². The van der Waals surface area contributed by atoms with Crippen molar-refractivity contribution in [1.82, 2.24) is 9.88 Å². The highest BCUT2D eigenvalue weighted by atomic mass is 35.5. The molecule has 1 atom stereocenters. The van der Waals surface area contributed by atoms with Gasteiger partial charge in [-0.25, -0.2) is 9.78 Å². The number of ether oxygens (including phenoxy) is 1. The molecule has 1 saturated heterocycles. The Kier molecular flexibility index (Phi) is 5.14. The highest BCUT2D eigenvalue weighted by Crippen LogP contribution is 2.16. The molecule has 1 N–H and O–H groups in total. The van der Waals surface area contributed by atoms with Crippen molar-refractivity contribution in [2.24, 2.45) is 0 Å². The fourth-order valence-electron chi connectivity index (χ4n) is 2.22. The largest absolute Gasteiger partial charge is 0.479 e. The lowest BCUT2D eigenvalue weighted by Gasteiger charge is -2.31. The number of carboxylic acids is 1. The molecule has 0 bridgehead atoms. The second kappa shape index (κ2) is 6.87. The van der Waals surface area contributed by atoms with E-state index in [9.17, 15) is 9.59 Å². The molecule has 0 spiro atoms. The van der Waals surface area contributed by atoms with Crippen LogP contribution in [0.25, 0.3) is 0 Å². The van der Waals surface area contributed by atoms with Crippen molar-refractivity contribution in [2.75, 3.05) is 19.7 Å². The van der Waals surface area contributed by atoms with Crippen molar-refractivity contribution < 1.29 is 19.4 Å². The Balaban J connectivity index is 2.17. The van der Waals surface area contributed by atoms with Gasteiger partial charge in [0.2, 0.25) is 0 Å². The summed E-state index contributed by atoms with van der Waals surface area (Å²) in [6, 6.07) is 3.22. The van der Waals surface area contributed by atoms with E-state index in [1.807, 2.05) is 6.92 Å². The topological polar surface area (TPSA) is 79.7 Å². The van der Waals surface area contributed by atoms with Gasteiger partial charge in [-0.2, -0.15) is 0 Å². The number of halogens is 1. The van der Waals surface area contributed by atoms with Crippen LogP contribution in [0, 0.1) is 0 Å². The van der Waals surface area contributed by atoms with E-state index < -0.39 is 12.1 Å². The Morgan fingerprint density at radius 3 is 2.95 bits per heavy atom. The number of amides is 1. The quantitative estimate of drug-likeness (QED) is 0.854. The number of rotatable bonds is 4. The van der Waals surface area contributed by atoms with E-state index in [1.165, 1.54) is 11.0 Å². The second-order valence-electron chi connectivity index (χ2n) is 4.87. The van der Waals surface area contributed by atoms with E-state index in [1.54, 1.807) is 6.07 Å². The monoisotopic (exact) mass is 312 g/mol. The fraction of sp³-hybridized carbons (Fsp3) is 0.500. The molecular formula is C14H17ClN2O4. The first-order chi connectivity index (χ1) is 10.0. The molecule has 1 aliphatic rings. The molecule has 1 aromatic rings. The van der Waals surface area contributed by atoms with Gasteiger partial charge in [0.15, 0.2) is 6.10 Å². The number of aliphatic carboxylic acids is 1. The van der Waals surface area contributed by atoms with Crippen LogP contribution in [0.15, 0.2) is 12.1 Å². The molecule has 1 amide bonds. The van der Waals surface area contributed by atoms with E-state index in [4.69, 9.17) is 21.4 Å². The predicted octanol–water partition coefficient (Wildman–Crippen LogP) is 1.61. The molecular weight excluding hydrogens is 296 g/mol. The molecule has 0 saturated carbocycles. The van der Waals surface area contributed by atoms with Gasteiger partial charge < -0.3 is 14.7 Å². The Morgan fingerprint density at radius 1 is 1.52 bits per heavy atom. The van der Waals surface area contributed by atoms with Crippen LogP contribution in [0.1, 0.15) is 29.4 Å². The Bertz CT molecular complexity index is 550. The van der Waals surface area contributed by atoms with Gasteiger partial charge in [-0.3, -0.25) is 4.79 Å². The van der Waals surface area contributed by atoms with Crippen molar-refractivity contribution in [2.45, 2.75) is 25.9 Å². The van der Waals surface area contributed by atoms with Gasteiger partial charge in [-0.1, -0.05) is 24.9 Å². The average Bonchev–Trinajstić information content (AvgIpc) is 2.46. The van der Waals surface area contributed by atoms with Crippen LogP contribution >= 0.6 is 11.6 Å². The van der Waals surface area contributed by atoms with Crippen LogP contribution in [-0.2, 0) is 16.0 Å². The van der Waals surface area contributed by atoms with Gasteiger partial charge >= 0.3 is 5.97 Å². The lowest BCUT2D eigenvalue weighted by molar-refractivity contribution is -0.154. The fourth-order valence-corrected chi connectivity index (χ4v) is 2.45. The maximum Gasteiger partial charge on any atom is 0.334 e. The first-order valence-electron chi connectivity index (χ1n) is 6.81. The number of aryl methyl sites for hydroxylation is 1. The van der Waals surface area contributed by atoms with Crippen molar-refractivity contribution in [3.05, 3.63) is 28.5 Å². The lowest BCUT2D eigenvalue weighted by Crippen LogP contribution is -2.48. The van der Waals surface area contributed by atoms with Crippen LogP contribution in [-0.4, -0.2) is 52.7 Å². The molecule has 0 radical (unpaired) electrons. The number of hydrogen-bond donors (Lipinski definition) is 1. The van der Waals surface area contributed by atoms with Crippen molar-refractivity contribution in [3.8, 4) is 0 Å². The molecule has 21 heavy (non-hydrogen) atoms. The average molecular weight is 313 g/mol. The highest BCUT2D eigenvalue weighted by molar-refractivity contribution is 6.29. The number of nitrogens with zero attached hydrogens (tertiary/aromatic N) is 2. The zero-order chi connectivity index (χ0) is 15.4. The summed E-state index contributed by atoms with van der Waals surface area (Å²) in [6.45, 7) is 2.63. The molecule has 1 aromatic heterocycles. The summed E-state index contributed by atoms with van der Waals surface area (Å²) in [5.74, 6) is -1.31. The molecule has 7 heteroatoms. The third-order valence-corrected chi connectivity index (χ3v) is 3.42. The minimum Gasteiger partial charge on any atom is -0.479 e. The number of pyridine rings is 1. The first kappa shape index (κ1) is 15.7. The maximum atomic E-state index is 12.5. The summed E-state index contributed by atoms with van der Waals surface area (Å²) in [6.07, 6.45) is 0.663. The summed E-state index contributed by atoms with van der Waals surface area (Å²) in [5, 5.41) is 9.24. The van der Waals surface area contributed by atoms with Crippen LogP contribution < -0.4 is 0 Å². The van der Waals surface area contributed by atoms with Gasteiger partial charge in [0.1, 0.15) is 5.15 Å². The van der Waals surface area contributed by atoms with E-state index in [-0.39, 0.29) is 24.2 Å². The minimum absolute atomic E-state index is 0.0389. The number of carbonyl (C=O) groups is 2. The Labute approximate surface area is 127 Å². The van der Waals surface area contributed by atoms with Crippen molar-refractivity contribution in [3.63, 3.8) is 0 Å². The number of carbonyl (C=O) groups excluding carboxylic acids is 1. The van der Waals surface area contributed by atoms with Crippen molar-refractivity contribution >= 4 is 23.5 Å². The minimum atomic E-state index is -1.06. The highest BCUT2D eigenvalue weighted by Gasteiger charge is 2.29. The Hall–Kier alpha value is -1.66. The van der Waals surface area contributed by atoms with Gasteiger partial charge in [-0.05, 0) is 18.6 Å². The molecule has 1 fully saturated rings. The standard InChI is InChI=1S/C14H17ClN2O4/c1-2-3-10-6-9(7-12(15)16-10)13(18)17-4-5-21-11(8-17)14(19)20/h6-7,11H,2-5,8H2,1H3,(H,19,20). The summed E-state index contributed by atoms with van der Waals surface area (Å²) >= 11 is 5.95. The summed E-state index contributed by atoms with van der Waals surface area (Å²) in [7, 11) is 0. The molecule has 6 nitrogen and oxygen atoms in total. The lowest BCUT2D eigenvalue weighted by atomic mass is 10.1. The second-order valence-corrected chi connectivity index (χ2v) is 5.26. The van der Waals surface area contributed by atoms with Gasteiger partial charge in [-0.15, -0.1) is 0 Å². The van der Waals surface area contributed by atoms with E-state index in [0.29, 0.717) is 12.1 Å². The van der Waals surface area contributed by atoms with E-state index in [0.717, 1.165) is 18.5 Å². The summed E-state index contributed by atoms with van der Waals surface area (Å²) in [5.41, 5.74) is 1.20. The predicted molar refractivity (Wildman–Crippen MR) is 76.5 cm³/mol. The molecule has 2 heterocycles. The smallest absolute Gasteiger partial charge is 0.334 e. The third-order valence-electron chi connectivity index (χ3n) is 3.23. The summed E-state index contributed by atoms with van der Waals surface area (Å²) in [4.78, 5) is 29.1. The number of hydrogen-bond acceptors (Lipinski definition) is 4. The molecule has 114 valence electrons. The van der Waals surface area contributed by atoms with Crippen LogP contribution in [0.2, 0.25) is 5.15 Å².